The van der Waals surface area contributed by atoms with Crippen LogP contribution in [0.2, 0.25) is 0 Å². The minimum atomic E-state index is -0.450. The molecule has 1 saturated heterocycles. The molecular weight excluding hydrogens is 502 g/mol. The molecule has 0 amide bonds. The summed E-state index contributed by atoms with van der Waals surface area (Å²) >= 11 is 0. The van der Waals surface area contributed by atoms with E-state index in [1.807, 2.05) is 62.2 Å². The van der Waals surface area contributed by atoms with E-state index < -0.39 is 5.60 Å². The number of ether oxygens (including phenoxy) is 1. The van der Waals surface area contributed by atoms with Gasteiger partial charge in [-0.05, 0) is 63.6 Å². The summed E-state index contributed by atoms with van der Waals surface area (Å²) in [5.41, 5.74) is 5.55. The molecule has 1 aliphatic heterocycles. The largest absolute Gasteiger partial charge is 0.459 e. The number of nitrogens with zero attached hydrogens (tertiary/aromatic N) is 7. The highest BCUT2D eigenvalue weighted by molar-refractivity contribution is 5.78. The first kappa shape index (κ1) is 27.5. The van der Waals surface area contributed by atoms with Crippen LogP contribution in [-0.2, 0) is 22.5 Å². The summed E-state index contributed by atoms with van der Waals surface area (Å²) in [6, 6.07) is 14.5. The number of carbonyl (C=O) groups is 1. The molecule has 40 heavy (non-hydrogen) atoms. The van der Waals surface area contributed by atoms with Crippen molar-refractivity contribution in [1.29, 1.82) is 0 Å². The van der Waals surface area contributed by atoms with Crippen molar-refractivity contribution in [2.24, 2.45) is 0 Å². The number of hydrogen-bond donors (Lipinski definition) is 0. The van der Waals surface area contributed by atoms with Crippen molar-refractivity contribution in [2.75, 3.05) is 37.6 Å². The lowest BCUT2D eigenvalue weighted by atomic mass is 10.1. The number of hydrogen-bond acceptors (Lipinski definition) is 8. The Bertz CT molecular complexity index is 1420. The van der Waals surface area contributed by atoms with E-state index in [1.54, 1.807) is 6.20 Å². The fourth-order valence-electron chi connectivity index (χ4n) is 4.85. The molecule has 9 nitrogen and oxygen atoms in total. The first-order valence-corrected chi connectivity index (χ1v) is 13.9. The third kappa shape index (κ3) is 6.90. The Morgan fingerprint density at radius 2 is 1.77 bits per heavy atom. The molecule has 0 N–H and O–H groups in total. The van der Waals surface area contributed by atoms with Gasteiger partial charge < -0.3 is 9.64 Å². The molecule has 0 spiro atoms. The van der Waals surface area contributed by atoms with Crippen LogP contribution in [0, 0.1) is 0 Å². The predicted molar refractivity (Wildman–Crippen MR) is 156 cm³/mol. The summed E-state index contributed by atoms with van der Waals surface area (Å²) in [5.74, 6) is 0.603. The molecule has 3 aromatic heterocycles. The third-order valence-corrected chi connectivity index (χ3v) is 6.81. The van der Waals surface area contributed by atoms with Crippen molar-refractivity contribution in [3.63, 3.8) is 0 Å². The van der Waals surface area contributed by atoms with E-state index >= 15 is 0 Å². The Kier molecular flexibility index (Phi) is 8.21. The Hall–Kier alpha value is -4.11. The van der Waals surface area contributed by atoms with Gasteiger partial charge in [-0.25, -0.2) is 9.97 Å². The van der Waals surface area contributed by atoms with Crippen molar-refractivity contribution >= 4 is 11.7 Å². The Balaban J connectivity index is 1.22. The van der Waals surface area contributed by atoms with Crippen molar-refractivity contribution in [3.05, 3.63) is 78.6 Å². The zero-order chi connectivity index (χ0) is 28.1. The molecule has 1 fully saturated rings. The van der Waals surface area contributed by atoms with E-state index in [0.29, 0.717) is 13.0 Å². The maximum atomic E-state index is 12.2. The quantitative estimate of drug-likeness (QED) is 0.303. The van der Waals surface area contributed by atoms with Crippen LogP contribution in [0.15, 0.2) is 67.3 Å². The molecule has 1 aliphatic rings. The van der Waals surface area contributed by atoms with Gasteiger partial charge in [0.25, 0.3) is 0 Å². The molecule has 0 bridgehead atoms. The van der Waals surface area contributed by atoms with E-state index in [1.165, 1.54) is 5.69 Å². The molecule has 4 heterocycles. The molecule has 0 radical (unpaired) electrons. The van der Waals surface area contributed by atoms with E-state index in [9.17, 15) is 4.79 Å². The number of aryl methyl sites for hydroxylation is 1. The van der Waals surface area contributed by atoms with Crippen molar-refractivity contribution < 1.29 is 9.53 Å². The first-order chi connectivity index (χ1) is 19.3. The molecule has 0 atom stereocenters. The summed E-state index contributed by atoms with van der Waals surface area (Å²) < 4.78 is 7.39. The Labute approximate surface area is 235 Å². The number of anilines is 1. The summed E-state index contributed by atoms with van der Waals surface area (Å²) in [4.78, 5) is 30.4. The van der Waals surface area contributed by atoms with E-state index in [0.717, 1.165) is 66.6 Å². The van der Waals surface area contributed by atoms with Crippen LogP contribution >= 0.6 is 0 Å². The van der Waals surface area contributed by atoms with Crippen LogP contribution in [-0.4, -0.2) is 73.9 Å². The van der Waals surface area contributed by atoms with Crippen molar-refractivity contribution in [1.82, 2.24) is 29.6 Å². The second kappa shape index (κ2) is 12.0. The van der Waals surface area contributed by atoms with Gasteiger partial charge in [-0.15, -0.1) is 0 Å². The van der Waals surface area contributed by atoms with Crippen LogP contribution in [0.5, 0.6) is 0 Å². The molecule has 0 unspecified atom stereocenters. The van der Waals surface area contributed by atoms with Gasteiger partial charge in [-0.2, -0.15) is 5.10 Å². The SMILES string of the molecule is CCn1cc(-c2ccnc(Cc3ccc(N4CCN(CC(=O)OC(C)(C)C)CC4)cc3)n2)c(-c2cccnc2)n1. The molecular formula is C31H37N7O2. The van der Waals surface area contributed by atoms with Crippen LogP contribution in [0.25, 0.3) is 22.5 Å². The second-order valence-electron chi connectivity index (χ2n) is 11.0. The van der Waals surface area contributed by atoms with Gasteiger partial charge in [0.15, 0.2) is 0 Å². The zero-order valence-corrected chi connectivity index (χ0v) is 23.7. The van der Waals surface area contributed by atoms with Crippen molar-refractivity contribution in [3.8, 4) is 22.5 Å². The van der Waals surface area contributed by atoms with Crippen LogP contribution < -0.4 is 4.90 Å². The average molecular weight is 540 g/mol. The van der Waals surface area contributed by atoms with Gasteiger partial charge >= 0.3 is 5.97 Å². The smallest absolute Gasteiger partial charge is 0.320 e. The molecule has 5 rings (SSSR count). The molecule has 4 aromatic rings. The van der Waals surface area contributed by atoms with Gasteiger partial charge in [-0.3, -0.25) is 19.4 Å². The highest BCUT2D eigenvalue weighted by Gasteiger charge is 2.23. The molecule has 0 aliphatic carbocycles. The number of benzene rings is 1. The summed E-state index contributed by atoms with van der Waals surface area (Å²) in [6.07, 6.45) is 8.09. The van der Waals surface area contributed by atoms with E-state index in [2.05, 4.69) is 51.0 Å². The summed E-state index contributed by atoms with van der Waals surface area (Å²) in [7, 11) is 0. The number of esters is 1. The second-order valence-corrected chi connectivity index (χ2v) is 11.0. The Morgan fingerprint density at radius 1 is 1.00 bits per heavy atom. The molecule has 0 saturated carbocycles. The highest BCUT2D eigenvalue weighted by atomic mass is 16.6. The standard InChI is InChI=1S/C31H37N7O2/c1-5-38-21-26(30(35-38)24-7-6-13-32-20-24)27-12-14-33-28(34-27)19-23-8-10-25(11-9-23)37-17-15-36(16-18-37)22-29(39)40-31(2,3)4/h6-14,20-21H,5,15-19,22H2,1-4H3. The number of pyridine rings is 1. The monoisotopic (exact) mass is 539 g/mol. The van der Waals surface area contributed by atoms with Gasteiger partial charge in [0.2, 0.25) is 0 Å². The van der Waals surface area contributed by atoms with Gasteiger partial charge in [0.1, 0.15) is 17.1 Å². The van der Waals surface area contributed by atoms with E-state index in [-0.39, 0.29) is 5.97 Å². The fourth-order valence-corrected chi connectivity index (χ4v) is 4.85. The normalized spacial score (nSPS) is 14.3. The topological polar surface area (TPSA) is 89.3 Å². The number of piperazine rings is 1. The third-order valence-electron chi connectivity index (χ3n) is 6.81. The lowest BCUT2D eigenvalue weighted by Crippen LogP contribution is -2.48. The molecule has 208 valence electrons. The minimum Gasteiger partial charge on any atom is -0.459 e. The van der Waals surface area contributed by atoms with Gasteiger partial charge in [0, 0.05) is 80.7 Å². The summed E-state index contributed by atoms with van der Waals surface area (Å²) in [5, 5.41) is 4.76. The maximum absolute atomic E-state index is 12.2. The van der Waals surface area contributed by atoms with Crippen LogP contribution in [0.4, 0.5) is 5.69 Å². The first-order valence-electron chi connectivity index (χ1n) is 13.9. The highest BCUT2D eigenvalue weighted by Crippen LogP contribution is 2.29. The zero-order valence-electron chi connectivity index (χ0n) is 23.7. The van der Waals surface area contributed by atoms with Crippen LogP contribution in [0.1, 0.15) is 39.1 Å². The van der Waals surface area contributed by atoms with Crippen molar-refractivity contribution in [2.45, 2.75) is 46.3 Å². The van der Waals surface area contributed by atoms with Crippen LogP contribution in [0.3, 0.4) is 0 Å². The predicted octanol–water partition coefficient (Wildman–Crippen LogP) is 4.48. The number of aromatic nitrogens is 5. The minimum absolute atomic E-state index is 0.163. The lowest BCUT2D eigenvalue weighted by molar-refractivity contribution is -0.156. The molecule has 9 heteroatoms. The van der Waals surface area contributed by atoms with Gasteiger partial charge in [-0.1, -0.05) is 12.1 Å². The number of rotatable bonds is 8. The van der Waals surface area contributed by atoms with Gasteiger partial charge in [0.05, 0.1) is 12.2 Å². The average Bonchev–Trinajstić information content (AvgIpc) is 3.38. The summed E-state index contributed by atoms with van der Waals surface area (Å²) in [6.45, 7) is 12.3. The van der Waals surface area contributed by atoms with E-state index in [4.69, 9.17) is 14.8 Å². The molecule has 1 aromatic carbocycles. The maximum Gasteiger partial charge on any atom is 0.320 e. The lowest BCUT2D eigenvalue weighted by Gasteiger charge is -2.36. The fraction of sp³-hybridized carbons (Fsp3) is 0.387. The number of carbonyl (C=O) groups excluding carboxylic acids is 1. The Morgan fingerprint density at radius 3 is 2.45 bits per heavy atom.